The van der Waals surface area contributed by atoms with Crippen molar-refractivity contribution in [2.24, 2.45) is 0 Å². The average molecular weight is 449 g/mol. The summed E-state index contributed by atoms with van der Waals surface area (Å²) in [6.45, 7) is 0. The van der Waals surface area contributed by atoms with Gasteiger partial charge in [0, 0.05) is 9.86 Å². The molecule has 7 heteroatoms. The van der Waals surface area contributed by atoms with Crippen LogP contribution in [0.1, 0.15) is 11.1 Å². The molecule has 0 spiro atoms. The molecule has 0 aliphatic carbocycles. The Morgan fingerprint density at radius 3 is 2.41 bits per heavy atom. The zero-order chi connectivity index (χ0) is 19.6. The van der Waals surface area contributed by atoms with E-state index >= 15 is 0 Å². The van der Waals surface area contributed by atoms with Crippen molar-refractivity contribution >= 4 is 42.5 Å². The van der Waals surface area contributed by atoms with Gasteiger partial charge in [-0.2, -0.15) is 0 Å². The van der Waals surface area contributed by atoms with Gasteiger partial charge in [-0.1, -0.05) is 46.3 Å². The van der Waals surface area contributed by atoms with Gasteiger partial charge in [-0.05, 0) is 40.8 Å². The lowest BCUT2D eigenvalue weighted by molar-refractivity contribution is -0.136. The van der Waals surface area contributed by atoms with Crippen LogP contribution in [0.3, 0.4) is 0 Å². The fourth-order valence-corrected chi connectivity index (χ4v) is 4.95. The Kier molecular flexibility index (Phi) is 5.53. The number of carboxylic acid groups (broad SMARTS) is 1. The average Bonchev–Trinajstić information content (AvgIpc) is 2.64. The molecular weight excluding hydrogens is 432 g/mol. The number of hydrogen-bond donors (Lipinski definition) is 1. The first-order valence-electron chi connectivity index (χ1n) is 8.10. The van der Waals surface area contributed by atoms with Crippen LogP contribution in [0.4, 0.5) is 0 Å². The fourth-order valence-electron chi connectivity index (χ4n) is 3.07. The van der Waals surface area contributed by atoms with Crippen LogP contribution in [-0.4, -0.2) is 26.6 Å². The smallest absolute Gasteiger partial charge is 0.307 e. The van der Waals surface area contributed by atoms with Crippen molar-refractivity contribution in [3.05, 3.63) is 70.2 Å². The van der Waals surface area contributed by atoms with Crippen molar-refractivity contribution in [1.82, 2.24) is 0 Å². The van der Waals surface area contributed by atoms with Crippen LogP contribution >= 0.6 is 15.9 Å². The molecule has 0 fully saturated rings. The van der Waals surface area contributed by atoms with E-state index in [1.807, 2.05) is 6.07 Å². The molecule has 0 saturated carbocycles. The SMILES string of the molecule is COc1ccc(Br)c2ccc(CS(=O)(=O)c3ccccc3)c(CC(=O)O)c12. The summed E-state index contributed by atoms with van der Waals surface area (Å²) >= 11 is 3.46. The Labute approximate surface area is 165 Å². The lowest BCUT2D eigenvalue weighted by atomic mass is 9.96. The summed E-state index contributed by atoms with van der Waals surface area (Å²) in [5.41, 5.74) is 0.891. The molecule has 0 amide bonds. The summed E-state index contributed by atoms with van der Waals surface area (Å²) < 4.78 is 31.8. The van der Waals surface area contributed by atoms with E-state index in [9.17, 15) is 18.3 Å². The molecule has 0 aliphatic rings. The van der Waals surface area contributed by atoms with E-state index < -0.39 is 15.8 Å². The standard InChI is InChI=1S/C20H17BrO5S/c1-26-18-10-9-17(21)15-8-7-13(16(20(15)18)11-19(22)23)12-27(24,25)14-5-3-2-4-6-14/h2-10H,11-12H2,1H3,(H,22,23). The van der Waals surface area contributed by atoms with Crippen LogP contribution in [0.5, 0.6) is 5.75 Å². The number of ether oxygens (including phenoxy) is 1. The van der Waals surface area contributed by atoms with Gasteiger partial charge in [0.1, 0.15) is 5.75 Å². The molecule has 0 aromatic heterocycles. The van der Waals surface area contributed by atoms with Gasteiger partial charge in [0.2, 0.25) is 0 Å². The second-order valence-corrected chi connectivity index (χ2v) is 8.86. The highest BCUT2D eigenvalue weighted by atomic mass is 79.9. The number of carboxylic acids is 1. The molecule has 0 unspecified atom stereocenters. The van der Waals surface area contributed by atoms with E-state index in [1.54, 1.807) is 36.4 Å². The predicted molar refractivity (Wildman–Crippen MR) is 107 cm³/mol. The predicted octanol–water partition coefficient (Wildman–Crippen LogP) is 4.21. The van der Waals surface area contributed by atoms with Crippen molar-refractivity contribution in [1.29, 1.82) is 0 Å². The number of sulfone groups is 1. The number of carbonyl (C=O) groups is 1. The third-order valence-corrected chi connectivity index (χ3v) is 6.66. The number of halogens is 1. The molecule has 0 atom stereocenters. The van der Waals surface area contributed by atoms with Gasteiger partial charge in [0.15, 0.2) is 9.84 Å². The number of benzene rings is 3. The third kappa shape index (κ3) is 3.99. The summed E-state index contributed by atoms with van der Waals surface area (Å²) in [6, 6.07) is 15.1. The Bertz CT molecular complexity index is 1110. The fraction of sp³-hybridized carbons (Fsp3) is 0.150. The maximum atomic E-state index is 12.8. The molecular formula is C20H17BrO5S. The quantitative estimate of drug-likeness (QED) is 0.610. The Hall–Kier alpha value is -2.38. The van der Waals surface area contributed by atoms with Gasteiger partial charge < -0.3 is 9.84 Å². The second-order valence-electron chi connectivity index (χ2n) is 6.02. The number of fused-ring (bicyclic) bond motifs is 1. The molecule has 3 aromatic rings. The summed E-state index contributed by atoms with van der Waals surface area (Å²) in [7, 11) is -2.11. The first-order valence-corrected chi connectivity index (χ1v) is 10.5. The minimum Gasteiger partial charge on any atom is -0.496 e. The van der Waals surface area contributed by atoms with Crippen LogP contribution in [0.25, 0.3) is 10.8 Å². The minimum absolute atomic E-state index is 0.201. The Morgan fingerprint density at radius 2 is 1.78 bits per heavy atom. The maximum absolute atomic E-state index is 12.8. The van der Waals surface area contributed by atoms with Gasteiger partial charge in [0.25, 0.3) is 0 Å². The minimum atomic E-state index is -3.62. The van der Waals surface area contributed by atoms with Gasteiger partial charge in [-0.3, -0.25) is 4.79 Å². The van der Waals surface area contributed by atoms with Crippen LogP contribution in [0.2, 0.25) is 0 Å². The van der Waals surface area contributed by atoms with Crippen molar-refractivity contribution in [3.8, 4) is 5.75 Å². The monoisotopic (exact) mass is 448 g/mol. The van der Waals surface area contributed by atoms with Crippen LogP contribution in [-0.2, 0) is 26.8 Å². The van der Waals surface area contributed by atoms with E-state index in [-0.39, 0.29) is 17.1 Å². The molecule has 3 aromatic carbocycles. The molecule has 0 bridgehead atoms. The first-order chi connectivity index (χ1) is 12.8. The zero-order valence-corrected chi connectivity index (χ0v) is 16.9. The highest BCUT2D eigenvalue weighted by Gasteiger charge is 2.21. The molecule has 140 valence electrons. The Morgan fingerprint density at radius 1 is 1.07 bits per heavy atom. The Balaban J connectivity index is 2.22. The first kappa shape index (κ1) is 19.4. The lowest BCUT2D eigenvalue weighted by Crippen LogP contribution is -2.10. The van der Waals surface area contributed by atoms with Gasteiger partial charge in [0.05, 0.1) is 24.2 Å². The van der Waals surface area contributed by atoms with Crippen molar-refractivity contribution in [2.45, 2.75) is 17.1 Å². The molecule has 0 saturated heterocycles. The third-order valence-electron chi connectivity index (χ3n) is 4.29. The second kappa shape index (κ2) is 7.70. The number of aliphatic carboxylic acids is 1. The molecule has 0 radical (unpaired) electrons. The summed E-state index contributed by atoms with van der Waals surface area (Å²) in [5.74, 6) is -0.822. The molecule has 27 heavy (non-hydrogen) atoms. The number of rotatable bonds is 6. The van der Waals surface area contributed by atoms with E-state index in [0.29, 0.717) is 22.3 Å². The largest absolute Gasteiger partial charge is 0.496 e. The molecule has 0 heterocycles. The van der Waals surface area contributed by atoms with Crippen molar-refractivity contribution < 1.29 is 23.1 Å². The van der Waals surface area contributed by atoms with Gasteiger partial charge in [-0.15, -0.1) is 0 Å². The normalized spacial score (nSPS) is 11.5. The topological polar surface area (TPSA) is 80.7 Å². The number of methoxy groups -OCH3 is 1. The highest BCUT2D eigenvalue weighted by molar-refractivity contribution is 9.10. The molecule has 3 rings (SSSR count). The van der Waals surface area contributed by atoms with Crippen molar-refractivity contribution in [3.63, 3.8) is 0 Å². The van der Waals surface area contributed by atoms with Gasteiger partial charge >= 0.3 is 5.97 Å². The highest BCUT2D eigenvalue weighted by Crippen LogP contribution is 2.37. The summed E-state index contributed by atoms with van der Waals surface area (Å²) in [4.78, 5) is 11.7. The molecule has 0 aliphatic heterocycles. The molecule has 1 N–H and O–H groups in total. The van der Waals surface area contributed by atoms with E-state index in [4.69, 9.17) is 4.74 Å². The van der Waals surface area contributed by atoms with E-state index in [1.165, 1.54) is 19.2 Å². The van der Waals surface area contributed by atoms with Crippen LogP contribution in [0, 0.1) is 0 Å². The van der Waals surface area contributed by atoms with Crippen LogP contribution < -0.4 is 4.74 Å². The zero-order valence-electron chi connectivity index (χ0n) is 14.5. The summed E-state index contributed by atoms with van der Waals surface area (Å²) in [6.07, 6.45) is -0.302. The van der Waals surface area contributed by atoms with Crippen LogP contribution in [0.15, 0.2) is 64.0 Å². The van der Waals surface area contributed by atoms with Crippen molar-refractivity contribution in [2.75, 3.05) is 7.11 Å². The van der Waals surface area contributed by atoms with E-state index in [0.717, 1.165) is 9.86 Å². The summed E-state index contributed by atoms with van der Waals surface area (Å²) in [5, 5.41) is 10.8. The molecule has 5 nitrogen and oxygen atoms in total. The van der Waals surface area contributed by atoms with Gasteiger partial charge in [-0.25, -0.2) is 8.42 Å². The van der Waals surface area contributed by atoms with E-state index in [2.05, 4.69) is 15.9 Å². The lowest BCUT2D eigenvalue weighted by Gasteiger charge is -2.16. The number of hydrogen-bond acceptors (Lipinski definition) is 4. The maximum Gasteiger partial charge on any atom is 0.307 e.